The number of quaternary nitrogens is 1. The third kappa shape index (κ3) is 9.88. The van der Waals surface area contributed by atoms with Gasteiger partial charge in [-0.25, -0.2) is 0 Å². The van der Waals surface area contributed by atoms with Crippen LogP contribution in [0.25, 0.3) is 6.08 Å². The van der Waals surface area contributed by atoms with Crippen LogP contribution >= 0.6 is 0 Å². The maximum Gasteiger partial charge on any atom is 0.0969 e. The Balaban J connectivity index is 0. The highest BCUT2D eigenvalue weighted by molar-refractivity contribution is 5.45. The Morgan fingerprint density at radius 2 is 1.39 bits per heavy atom. The van der Waals surface area contributed by atoms with Gasteiger partial charge in [-0.2, -0.15) is 0 Å². The van der Waals surface area contributed by atoms with Crippen LogP contribution in [-0.2, 0) is 0 Å². The summed E-state index contributed by atoms with van der Waals surface area (Å²) in [7, 11) is 4.31. The zero-order valence-electron chi connectivity index (χ0n) is 11.5. The zero-order chi connectivity index (χ0) is 13.1. The quantitative estimate of drug-likeness (QED) is 0.545. The molecule has 0 aliphatic carbocycles. The molecular formula is C16H24ClN. The summed E-state index contributed by atoms with van der Waals surface area (Å²) in [4.78, 5) is 0. The standard InChI is InChI=1S/C8H16N.C8H8.ClH/c1-5-7-9(3,4)8-6-2;1-2-8-6-4-3-5-7-8;/h5-6H,1-2,7-8H2,3-4H3;2-7H,1H2;1H/q+1;;/p-1. The van der Waals surface area contributed by atoms with Crippen LogP contribution in [0.2, 0.25) is 0 Å². The SMILES string of the molecule is C=CC[N+](C)(C)CC=C.C=Cc1ccccc1.[Cl-]. The van der Waals surface area contributed by atoms with Crippen LogP contribution < -0.4 is 12.4 Å². The van der Waals surface area contributed by atoms with Gasteiger partial charge in [-0.1, -0.05) is 56.1 Å². The van der Waals surface area contributed by atoms with Gasteiger partial charge >= 0.3 is 0 Å². The lowest BCUT2D eigenvalue weighted by Crippen LogP contribution is -3.00. The molecule has 0 radical (unpaired) electrons. The summed E-state index contributed by atoms with van der Waals surface area (Å²) < 4.78 is 0.951. The van der Waals surface area contributed by atoms with Gasteiger partial charge in [0.25, 0.3) is 0 Å². The lowest BCUT2D eigenvalue weighted by molar-refractivity contribution is -0.878. The second-order valence-electron chi connectivity index (χ2n) is 4.49. The van der Waals surface area contributed by atoms with Gasteiger partial charge in [-0.05, 0) is 17.7 Å². The first-order chi connectivity index (χ1) is 8.05. The third-order valence-electron chi connectivity index (χ3n) is 2.28. The first kappa shape index (κ1) is 19.0. The summed E-state index contributed by atoms with van der Waals surface area (Å²) in [5.41, 5.74) is 1.17. The molecule has 100 valence electrons. The maximum atomic E-state index is 3.68. The molecular weight excluding hydrogens is 242 g/mol. The molecule has 2 heteroatoms. The number of hydrogen-bond donors (Lipinski definition) is 0. The zero-order valence-corrected chi connectivity index (χ0v) is 12.2. The van der Waals surface area contributed by atoms with Crippen molar-refractivity contribution in [3.8, 4) is 0 Å². The number of likely N-dealkylation sites (N-methyl/N-ethyl adjacent to an activating group) is 1. The molecule has 0 saturated carbocycles. The number of halogens is 1. The molecule has 0 bridgehead atoms. The third-order valence-corrected chi connectivity index (χ3v) is 2.28. The van der Waals surface area contributed by atoms with Crippen molar-refractivity contribution in [2.75, 3.05) is 27.2 Å². The molecule has 0 spiro atoms. The van der Waals surface area contributed by atoms with Crippen molar-refractivity contribution in [1.29, 1.82) is 0 Å². The molecule has 0 fully saturated rings. The van der Waals surface area contributed by atoms with Gasteiger partial charge < -0.3 is 16.9 Å². The van der Waals surface area contributed by atoms with Crippen LogP contribution in [0.3, 0.4) is 0 Å². The van der Waals surface area contributed by atoms with Crippen molar-refractivity contribution in [3.63, 3.8) is 0 Å². The molecule has 1 aromatic rings. The second kappa shape index (κ2) is 10.8. The Bertz CT molecular complexity index is 329. The summed E-state index contributed by atoms with van der Waals surface area (Å²) in [6, 6.07) is 10.0. The summed E-state index contributed by atoms with van der Waals surface area (Å²) in [6.45, 7) is 13.0. The monoisotopic (exact) mass is 265 g/mol. The van der Waals surface area contributed by atoms with Crippen molar-refractivity contribution in [2.24, 2.45) is 0 Å². The number of benzene rings is 1. The molecule has 0 saturated heterocycles. The van der Waals surface area contributed by atoms with E-state index in [0.29, 0.717) is 0 Å². The van der Waals surface area contributed by atoms with E-state index in [9.17, 15) is 0 Å². The van der Waals surface area contributed by atoms with Crippen molar-refractivity contribution >= 4 is 6.08 Å². The maximum absolute atomic E-state index is 3.68. The molecule has 0 atom stereocenters. The minimum absolute atomic E-state index is 0. The van der Waals surface area contributed by atoms with Gasteiger partial charge in [0.2, 0.25) is 0 Å². The van der Waals surface area contributed by atoms with E-state index in [2.05, 4.69) is 33.8 Å². The van der Waals surface area contributed by atoms with Crippen molar-refractivity contribution in [2.45, 2.75) is 0 Å². The Kier molecular flexibility index (Phi) is 11.4. The first-order valence-corrected chi connectivity index (χ1v) is 5.77. The van der Waals surface area contributed by atoms with Crippen LogP contribution in [0, 0.1) is 0 Å². The van der Waals surface area contributed by atoms with Crippen LogP contribution in [-0.4, -0.2) is 31.7 Å². The number of nitrogens with zero attached hydrogens (tertiary/aromatic N) is 1. The molecule has 1 nitrogen and oxygen atoms in total. The first-order valence-electron chi connectivity index (χ1n) is 5.77. The average molecular weight is 266 g/mol. The summed E-state index contributed by atoms with van der Waals surface area (Å²) in [5, 5.41) is 0. The number of hydrogen-bond acceptors (Lipinski definition) is 0. The highest BCUT2D eigenvalue weighted by Crippen LogP contribution is 1.97. The molecule has 0 aliphatic rings. The highest BCUT2D eigenvalue weighted by atomic mass is 35.5. The molecule has 0 heterocycles. The van der Waals surface area contributed by atoms with E-state index in [4.69, 9.17) is 0 Å². The Hall–Kier alpha value is -1.31. The van der Waals surface area contributed by atoms with Gasteiger partial charge in [0.05, 0.1) is 27.2 Å². The molecule has 1 aromatic carbocycles. The molecule has 0 aliphatic heterocycles. The van der Waals surface area contributed by atoms with Crippen molar-refractivity contribution < 1.29 is 16.9 Å². The Labute approximate surface area is 118 Å². The van der Waals surface area contributed by atoms with E-state index in [-0.39, 0.29) is 12.4 Å². The van der Waals surface area contributed by atoms with Gasteiger partial charge in [-0.3, -0.25) is 0 Å². The summed E-state index contributed by atoms with van der Waals surface area (Å²) in [6.07, 6.45) is 5.70. The minimum Gasteiger partial charge on any atom is -1.00 e. The van der Waals surface area contributed by atoms with Crippen LogP contribution in [0.1, 0.15) is 5.56 Å². The normalized spacial score (nSPS) is 9.22. The van der Waals surface area contributed by atoms with Gasteiger partial charge in [0, 0.05) is 0 Å². The smallest absolute Gasteiger partial charge is 0.0969 e. The molecule has 0 unspecified atom stereocenters. The fourth-order valence-corrected chi connectivity index (χ4v) is 1.36. The van der Waals surface area contributed by atoms with E-state index in [1.807, 2.05) is 48.6 Å². The summed E-state index contributed by atoms with van der Waals surface area (Å²) >= 11 is 0. The fourth-order valence-electron chi connectivity index (χ4n) is 1.36. The fraction of sp³-hybridized carbons (Fsp3) is 0.250. The predicted molar refractivity (Wildman–Crippen MR) is 78.8 cm³/mol. The lowest BCUT2D eigenvalue weighted by Gasteiger charge is -2.26. The van der Waals surface area contributed by atoms with Gasteiger partial charge in [-0.15, -0.1) is 0 Å². The van der Waals surface area contributed by atoms with Gasteiger partial charge in [0.1, 0.15) is 0 Å². The van der Waals surface area contributed by atoms with E-state index in [1.165, 1.54) is 5.56 Å². The highest BCUT2D eigenvalue weighted by Gasteiger charge is 2.07. The average Bonchev–Trinajstić information content (AvgIpc) is 2.31. The second-order valence-corrected chi connectivity index (χ2v) is 4.49. The van der Waals surface area contributed by atoms with Crippen molar-refractivity contribution in [3.05, 3.63) is 67.8 Å². The molecule has 0 aromatic heterocycles. The number of rotatable bonds is 5. The topological polar surface area (TPSA) is 0 Å². The van der Waals surface area contributed by atoms with Crippen LogP contribution in [0.15, 0.2) is 62.2 Å². The predicted octanol–water partition coefficient (Wildman–Crippen LogP) is 0.768. The van der Waals surface area contributed by atoms with Crippen LogP contribution in [0.4, 0.5) is 0 Å². The largest absolute Gasteiger partial charge is 1.00 e. The Morgan fingerprint density at radius 1 is 0.944 bits per heavy atom. The van der Waals surface area contributed by atoms with E-state index < -0.39 is 0 Å². The van der Waals surface area contributed by atoms with E-state index in [0.717, 1.165) is 17.6 Å². The van der Waals surface area contributed by atoms with Crippen molar-refractivity contribution in [1.82, 2.24) is 0 Å². The molecule has 0 N–H and O–H groups in total. The summed E-state index contributed by atoms with van der Waals surface area (Å²) in [5.74, 6) is 0. The molecule has 0 amide bonds. The Morgan fingerprint density at radius 3 is 1.67 bits per heavy atom. The van der Waals surface area contributed by atoms with E-state index in [1.54, 1.807) is 0 Å². The van der Waals surface area contributed by atoms with Gasteiger partial charge in [0.15, 0.2) is 0 Å². The van der Waals surface area contributed by atoms with E-state index >= 15 is 0 Å². The minimum atomic E-state index is 0. The van der Waals surface area contributed by atoms with Crippen LogP contribution in [0.5, 0.6) is 0 Å². The molecule has 18 heavy (non-hydrogen) atoms. The lowest BCUT2D eigenvalue weighted by atomic mass is 10.2. The molecule has 1 rings (SSSR count).